The molecule has 3 heteroatoms. The monoisotopic (exact) mass is 360 g/mol. The van der Waals surface area contributed by atoms with Crippen LogP contribution in [0.25, 0.3) is 17.3 Å². The first-order valence-electron chi connectivity index (χ1n) is 8.54. The topological polar surface area (TPSA) is 28.7 Å². The van der Waals surface area contributed by atoms with Gasteiger partial charge in [-0.3, -0.25) is 0 Å². The zero-order chi connectivity index (χ0) is 18.8. The van der Waals surface area contributed by atoms with E-state index in [1.165, 1.54) is 11.1 Å². The summed E-state index contributed by atoms with van der Waals surface area (Å²) in [6.07, 6.45) is 1.95. The van der Waals surface area contributed by atoms with Gasteiger partial charge in [0.2, 0.25) is 0 Å². The molecule has 130 valence electrons. The van der Waals surface area contributed by atoms with E-state index in [4.69, 9.17) is 11.6 Å². The van der Waals surface area contributed by atoms with Crippen molar-refractivity contribution in [2.45, 2.75) is 27.7 Å². The minimum atomic E-state index is 0.627. The molecule has 3 rings (SSSR count). The summed E-state index contributed by atoms with van der Waals surface area (Å²) in [5.41, 5.74) is 8.44. The molecule has 0 N–H and O–H groups in total. The summed E-state index contributed by atoms with van der Waals surface area (Å²) < 4.78 is 2.24. The SMILES string of the molecule is Cc1cc(C)cc(-n2c(C)cc(C=C(C#N)c3ccc(Cl)cc3)c2C)c1. The van der Waals surface area contributed by atoms with Crippen molar-refractivity contribution < 1.29 is 0 Å². The number of nitriles is 1. The van der Waals surface area contributed by atoms with Crippen molar-refractivity contribution >= 4 is 23.3 Å². The van der Waals surface area contributed by atoms with Crippen LogP contribution in [-0.2, 0) is 0 Å². The first-order chi connectivity index (χ1) is 12.4. The zero-order valence-corrected chi connectivity index (χ0v) is 16.2. The van der Waals surface area contributed by atoms with Crippen molar-refractivity contribution in [2.24, 2.45) is 0 Å². The molecule has 0 aliphatic carbocycles. The molecule has 0 fully saturated rings. The smallest absolute Gasteiger partial charge is 0.0998 e. The lowest BCUT2D eigenvalue weighted by Crippen LogP contribution is -2.00. The Morgan fingerprint density at radius 3 is 2.15 bits per heavy atom. The fourth-order valence-corrected chi connectivity index (χ4v) is 3.50. The van der Waals surface area contributed by atoms with E-state index in [1.807, 2.05) is 18.2 Å². The van der Waals surface area contributed by atoms with Gasteiger partial charge in [0.25, 0.3) is 0 Å². The fraction of sp³-hybridized carbons (Fsp3) is 0.174. The summed E-state index contributed by atoms with van der Waals surface area (Å²) in [6.45, 7) is 8.41. The molecule has 0 amide bonds. The number of halogens is 1. The van der Waals surface area contributed by atoms with Crippen molar-refractivity contribution in [1.29, 1.82) is 5.26 Å². The van der Waals surface area contributed by atoms with Gasteiger partial charge in [0.05, 0.1) is 11.6 Å². The Bertz CT molecular complexity index is 1010. The van der Waals surface area contributed by atoms with Crippen LogP contribution >= 0.6 is 11.6 Å². The fourth-order valence-electron chi connectivity index (χ4n) is 3.38. The molecule has 0 saturated carbocycles. The first-order valence-corrected chi connectivity index (χ1v) is 8.92. The number of aryl methyl sites for hydroxylation is 3. The highest BCUT2D eigenvalue weighted by Crippen LogP contribution is 2.26. The maximum absolute atomic E-state index is 9.61. The zero-order valence-electron chi connectivity index (χ0n) is 15.5. The highest BCUT2D eigenvalue weighted by Gasteiger charge is 2.11. The van der Waals surface area contributed by atoms with Gasteiger partial charge in [-0.2, -0.15) is 5.26 Å². The lowest BCUT2D eigenvalue weighted by molar-refractivity contribution is 0.960. The molecular formula is C23H21ClN2. The summed E-state index contributed by atoms with van der Waals surface area (Å²) in [4.78, 5) is 0. The van der Waals surface area contributed by atoms with Gasteiger partial charge in [-0.15, -0.1) is 0 Å². The van der Waals surface area contributed by atoms with Gasteiger partial charge >= 0.3 is 0 Å². The molecule has 3 aromatic rings. The lowest BCUT2D eigenvalue weighted by Gasteiger charge is -2.12. The molecule has 0 spiro atoms. The van der Waals surface area contributed by atoms with Crippen LogP contribution in [0.15, 0.2) is 48.5 Å². The highest BCUT2D eigenvalue weighted by atomic mass is 35.5. The van der Waals surface area contributed by atoms with E-state index in [0.29, 0.717) is 10.6 Å². The summed E-state index contributed by atoms with van der Waals surface area (Å²) in [7, 11) is 0. The number of allylic oxidation sites excluding steroid dienone is 1. The van der Waals surface area contributed by atoms with Crippen molar-refractivity contribution in [1.82, 2.24) is 4.57 Å². The van der Waals surface area contributed by atoms with Gasteiger partial charge < -0.3 is 4.57 Å². The molecule has 26 heavy (non-hydrogen) atoms. The van der Waals surface area contributed by atoms with Crippen molar-refractivity contribution in [3.63, 3.8) is 0 Å². The maximum Gasteiger partial charge on any atom is 0.0998 e. The maximum atomic E-state index is 9.61. The number of hydrogen-bond acceptors (Lipinski definition) is 1. The van der Waals surface area contributed by atoms with Crippen LogP contribution in [0.3, 0.4) is 0 Å². The van der Waals surface area contributed by atoms with E-state index in [9.17, 15) is 5.26 Å². The van der Waals surface area contributed by atoms with Gasteiger partial charge in [0.1, 0.15) is 0 Å². The van der Waals surface area contributed by atoms with Crippen LogP contribution < -0.4 is 0 Å². The molecule has 1 heterocycles. The van der Waals surface area contributed by atoms with Gasteiger partial charge in [0, 0.05) is 22.1 Å². The standard InChI is InChI=1S/C23H21ClN2/c1-15-9-16(2)11-23(10-15)26-17(3)12-20(18(26)4)13-21(14-25)19-5-7-22(24)8-6-19/h5-13H,1-4H3. The molecule has 2 aromatic carbocycles. The van der Waals surface area contributed by atoms with Crippen molar-refractivity contribution in [3.8, 4) is 11.8 Å². The first kappa shape index (κ1) is 18.0. The van der Waals surface area contributed by atoms with E-state index in [0.717, 1.165) is 28.2 Å². The molecular weight excluding hydrogens is 340 g/mol. The van der Waals surface area contributed by atoms with Crippen LogP contribution in [-0.4, -0.2) is 4.57 Å². The van der Waals surface area contributed by atoms with Gasteiger partial charge in [0.15, 0.2) is 0 Å². The number of aromatic nitrogens is 1. The lowest BCUT2D eigenvalue weighted by atomic mass is 10.0. The van der Waals surface area contributed by atoms with Crippen LogP contribution in [0.5, 0.6) is 0 Å². The largest absolute Gasteiger partial charge is 0.318 e. The van der Waals surface area contributed by atoms with Gasteiger partial charge in [-0.1, -0.05) is 29.8 Å². The molecule has 0 saturated heterocycles. The third kappa shape index (κ3) is 3.59. The predicted molar refractivity (Wildman–Crippen MR) is 110 cm³/mol. The summed E-state index contributed by atoms with van der Waals surface area (Å²) in [6, 6.07) is 18.3. The van der Waals surface area contributed by atoms with Crippen LogP contribution in [0, 0.1) is 39.0 Å². The minimum absolute atomic E-state index is 0.627. The summed E-state index contributed by atoms with van der Waals surface area (Å²) in [5.74, 6) is 0. The predicted octanol–water partition coefficient (Wildman–Crippen LogP) is 6.43. The Balaban J connectivity index is 2.10. The number of nitrogens with zero attached hydrogens (tertiary/aromatic N) is 2. The minimum Gasteiger partial charge on any atom is -0.318 e. The third-order valence-corrected chi connectivity index (χ3v) is 4.76. The van der Waals surface area contributed by atoms with E-state index >= 15 is 0 Å². The second-order valence-electron chi connectivity index (χ2n) is 6.68. The molecule has 0 atom stereocenters. The highest BCUT2D eigenvalue weighted by molar-refractivity contribution is 6.30. The molecule has 0 radical (unpaired) electrons. The van der Waals surface area contributed by atoms with Crippen LogP contribution in [0.2, 0.25) is 5.02 Å². The van der Waals surface area contributed by atoms with Gasteiger partial charge in [-0.25, -0.2) is 0 Å². The second-order valence-corrected chi connectivity index (χ2v) is 7.12. The Hall–Kier alpha value is -2.76. The summed E-state index contributed by atoms with van der Waals surface area (Å²) >= 11 is 5.96. The molecule has 2 nitrogen and oxygen atoms in total. The average Bonchev–Trinajstić information content (AvgIpc) is 2.86. The van der Waals surface area contributed by atoms with Crippen LogP contribution in [0.4, 0.5) is 0 Å². The number of rotatable bonds is 3. The quantitative estimate of drug-likeness (QED) is 0.495. The van der Waals surface area contributed by atoms with E-state index in [1.54, 1.807) is 12.1 Å². The molecule has 0 aliphatic heterocycles. The Kier molecular flexibility index (Phi) is 5.02. The van der Waals surface area contributed by atoms with Crippen molar-refractivity contribution in [3.05, 3.63) is 87.2 Å². The molecule has 0 unspecified atom stereocenters. The Morgan fingerprint density at radius 1 is 0.962 bits per heavy atom. The Labute approximate surface area is 160 Å². The average molecular weight is 361 g/mol. The molecule has 0 bridgehead atoms. The molecule has 1 aromatic heterocycles. The Morgan fingerprint density at radius 2 is 1.58 bits per heavy atom. The van der Waals surface area contributed by atoms with Gasteiger partial charge in [-0.05, 0) is 86.4 Å². The number of benzene rings is 2. The summed E-state index contributed by atoms with van der Waals surface area (Å²) in [5, 5.41) is 10.3. The van der Waals surface area contributed by atoms with E-state index < -0.39 is 0 Å². The van der Waals surface area contributed by atoms with Crippen LogP contribution in [0.1, 0.15) is 33.6 Å². The van der Waals surface area contributed by atoms with E-state index in [-0.39, 0.29) is 0 Å². The third-order valence-electron chi connectivity index (χ3n) is 4.51. The second kappa shape index (κ2) is 7.23. The van der Waals surface area contributed by atoms with Crippen molar-refractivity contribution in [2.75, 3.05) is 0 Å². The normalized spacial score (nSPS) is 11.5. The molecule has 0 aliphatic rings. The number of hydrogen-bond donors (Lipinski definition) is 0. The van der Waals surface area contributed by atoms with E-state index in [2.05, 4.69) is 62.6 Å².